The Labute approximate surface area is 178 Å². The largest absolute Gasteiger partial charge is 0.465 e. The molecule has 0 aliphatic heterocycles. The second kappa shape index (κ2) is 9.29. The van der Waals surface area contributed by atoms with Crippen LogP contribution in [0.3, 0.4) is 0 Å². The van der Waals surface area contributed by atoms with Gasteiger partial charge in [0.2, 0.25) is 0 Å². The van der Waals surface area contributed by atoms with Gasteiger partial charge in [0.05, 0.1) is 30.3 Å². The average Bonchev–Trinajstić information content (AvgIpc) is 3.23. The van der Waals surface area contributed by atoms with Crippen molar-refractivity contribution in [3.63, 3.8) is 0 Å². The number of hydrogen-bond donors (Lipinski definition) is 0. The monoisotopic (exact) mass is 432 g/mol. The summed E-state index contributed by atoms with van der Waals surface area (Å²) in [6, 6.07) is 13.7. The van der Waals surface area contributed by atoms with E-state index >= 15 is 0 Å². The van der Waals surface area contributed by atoms with Crippen LogP contribution >= 0.6 is 0 Å². The maximum Gasteiger partial charge on any atom is 0.338 e. The van der Waals surface area contributed by atoms with Gasteiger partial charge in [-0.1, -0.05) is 48.7 Å². The lowest BCUT2D eigenvalue weighted by molar-refractivity contribution is -0.0371. The summed E-state index contributed by atoms with van der Waals surface area (Å²) in [5, 5.41) is 0. The SMILES string of the molecule is COC(=O)c1ccccc1C(OC)C1(COS(=O)(=O)c2ccc(C)cc2)CCCC1. The van der Waals surface area contributed by atoms with Crippen LogP contribution in [0.25, 0.3) is 0 Å². The summed E-state index contributed by atoms with van der Waals surface area (Å²) < 4.78 is 41.9. The van der Waals surface area contributed by atoms with Crippen molar-refractivity contribution in [2.75, 3.05) is 20.8 Å². The third kappa shape index (κ3) is 4.58. The van der Waals surface area contributed by atoms with Crippen molar-refractivity contribution >= 4 is 16.1 Å². The Hall–Kier alpha value is -2.22. The molecule has 7 heteroatoms. The number of aryl methyl sites for hydroxylation is 1. The van der Waals surface area contributed by atoms with Gasteiger partial charge in [-0.05, 0) is 43.5 Å². The van der Waals surface area contributed by atoms with E-state index in [0.717, 1.165) is 31.2 Å². The van der Waals surface area contributed by atoms with Gasteiger partial charge < -0.3 is 9.47 Å². The Morgan fingerprint density at radius 2 is 1.67 bits per heavy atom. The molecule has 0 N–H and O–H groups in total. The third-order valence-electron chi connectivity index (χ3n) is 5.85. The van der Waals surface area contributed by atoms with Crippen molar-refractivity contribution in [1.29, 1.82) is 0 Å². The molecule has 30 heavy (non-hydrogen) atoms. The van der Waals surface area contributed by atoms with Crippen LogP contribution in [0.5, 0.6) is 0 Å². The third-order valence-corrected chi connectivity index (χ3v) is 7.13. The summed E-state index contributed by atoms with van der Waals surface area (Å²) >= 11 is 0. The zero-order valence-corrected chi connectivity index (χ0v) is 18.4. The number of carbonyl (C=O) groups excluding carboxylic acids is 1. The van der Waals surface area contributed by atoms with Gasteiger partial charge in [-0.25, -0.2) is 4.79 Å². The number of carbonyl (C=O) groups is 1. The summed E-state index contributed by atoms with van der Waals surface area (Å²) in [6.07, 6.45) is 2.86. The van der Waals surface area contributed by atoms with E-state index in [1.807, 2.05) is 19.1 Å². The molecule has 0 heterocycles. The van der Waals surface area contributed by atoms with Crippen molar-refractivity contribution in [2.45, 2.75) is 43.6 Å². The van der Waals surface area contributed by atoms with Crippen LogP contribution in [0.1, 0.15) is 53.3 Å². The zero-order chi connectivity index (χ0) is 21.8. The Kier molecular flexibility index (Phi) is 6.95. The number of hydrogen-bond acceptors (Lipinski definition) is 6. The summed E-state index contributed by atoms with van der Waals surface area (Å²) in [5.74, 6) is -0.450. The normalized spacial score (nSPS) is 16.9. The topological polar surface area (TPSA) is 78.9 Å². The smallest absolute Gasteiger partial charge is 0.338 e. The van der Waals surface area contributed by atoms with Crippen molar-refractivity contribution < 1.29 is 26.9 Å². The van der Waals surface area contributed by atoms with Gasteiger partial charge in [-0.2, -0.15) is 8.42 Å². The molecule has 0 spiro atoms. The molecule has 2 aromatic rings. The lowest BCUT2D eigenvalue weighted by atomic mass is 9.76. The van der Waals surface area contributed by atoms with Crippen molar-refractivity contribution in [3.8, 4) is 0 Å². The van der Waals surface area contributed by atoms with Crippen molar-refractivity contribution in [3.05, 3.63) is 65.2 Å². The molecule has 3 rings (SSSR count). The predicted octanol–water partition coefficient (Wildman–Crippen LogP) is 4.44. The second-order valence-corrected chi connectivity index (χ2v) is 9.41. The minimum atomic E-state index is -3.90. The summed E-state index contributed by atoms with van der Waals surface area (Å²) in [4.78, 5) is 12.4. The molecule has 162 valence electrons. The minimum absolute atomic E-state index is 0.0166. The number of benzene rings is 2. The molecule has 0 saturated heterocycles. The summed E-state index contributed by atoms with van der Waals surface area (Å²) in [6.45, 7) is 1.88. The number of rotatable bonds is 8. The molecular formula is C23H28O6S. The minimum Gasteiger partial charge on any atom is -0.465 e. The molecule has 6 nitrogen and oxygen atoms in total. The van der Waals surface area contributed by atoms with Crippen LogP contribution in [0.15, 0.2) is 53.4 Å². The van der Waals surface area contributed by atoms with E-state index in [2.05, 4.69) is 0 Å². The van der Waals surface area contributed by atoms with Gasteiger partial charge in [0, 0.05) is 12.5 Å². The Morgan fingerprint density at radius 1 is 1.03 bits per heavy atom. The highest BCUT2D eigenvalue weighted by Crippen LogP contribution is 2.50. The molecule has 1 saturated carbocycles. The Morgan fingerprint density at radius 3 is 2.27 bits per heavy atom. The van der Waals surface area contributed by atoms with E-state index in [1.54, 1.807) is 43.5 Å². The zero-order valence-electron chi connectivity index (χ0n) is 17.6. The maximum absolute atomic E-state index is 12.8. The number of methoxy groups -OCH3 is 2. The van der Waals surface area contributed by atoms with Crippen molar-refractivity contribution in [1.82, 2.24) is 0 Å². The highest BCUT2D eigenvalue weighted by molar-refractivity contribution is 7.86. The van der Waals surface area contributed by atoms with Crippen LogP contribution in [-0.4, -0.2) is 35.2 Å². The van der Waals surface area contributed by atoms with E-state index in [0.29, 0.717) is 11.1 Å². The molecule has 1 aliphatic rings. The fraction of sp³-hybridized carbons (Fsp3) is 0.435. The first-order chi connectivity index (χ1) is 14.3. The second-order valence-electron chi connectivity index (χ2n) is 7.79. The van der Waals surface area contributed by atoms with E-state index in [4.69, 9.17) is 13.7 Å². The van der Waals surface area contributed by atoms with Crippen LogP contribution in [0.4, 0.5) is 0 Å². The Balaban J connectivity index is 1.92. The highest BCUT2D eigenvalue weighted by atomic mass is 32.2. The van der Waals surface area contributed by atoms with Crippen LogP contribution in [-0.2, 0) is 23.8 Å². The van der Waals surface area contributed by atoms with Gasteiger partial charge in [0.1, 0.15) is 0 Å². The first-order valence-electron chi connectivity index (χ1n) is 9.99. The molecular weight excluding hydrogens is 404 g/mol. The molecule has 2 aromatic carbocycles. The molecule has 0 aromatic heterocycles. The molecule has 0 bridgehead atoms. The average molecular weight is 433 g/mol. The van der Waals surface area contributed by atoms with Gasteiger partial charge >= 0.3 is 5.97 Å². The highest BCUT2D eigenvalue weighted by Gasteiger charge is 2.45. The van der Waals surface area contributed by atoms with Crippen LogP contribution in [0.2, 0.25) is 0 Å². The molecule has 1 atom stereocenters. The first-order valence-corrected chi connectivity index (χ1v) is 11.4. The fourth-order valence-electron chi connectivity index (χ4n) is 4.26. The van der Waals surface area contributed by atoms with E-state index in [1.165, 1.54) is 7.11 Å². The lowest BCUT2D eigenvalue weighted by Crippen LogP contribution is -2.34. The maximum atomic E-state index is 12.8. The van der Waals surface area contributed by atoms with E-state index in [-0.39, 0.29) is 11.5 Å². The molecule has 0 radical (unpaired) electrons. The quantitative estimate of drug-likeness (QED) is 0.453. The van der Waals surface area contributed by atoms with E-state index in [9.17, 15) is 13.2 Å². The summed E-state index contributed by atoms with van der Waals surface area (Å²) in [5.41, 5.74) is 1.51. The summed E-state index contributed by atoms with van der Waals surface area (Å²) in [7, 11) is -0.991. The molecule has 1 aliphatic carbocycles. The van der Waals surface area contributed by atoms with Crippen LogP contribution < -0.4 is 0 Å². The molecule has 1 fully saturated rings. The van der Waals surface area contributed by atoms with Gasteiger partial charge in [0.25, 0.3) is 10.1 Å². The van der Waals surface area contributed by atoms with Crippen LogP contribution in [0, 0.1) is 12.3 Å². The number of ether oxygens (including phenoxy) is 2. The fourth-order valence-corrected chi connectivity index (χ4v) is 5.25. The van der Waals surface area contributed by atoms with Gasteiger partial charge in [-0.15, -0.1) is 0 Å². The van der Waals surface area contributed by atoms with Gasteiger partial charge in [0.15, 0.2) is 0 Å². The number of esters is 1. The van der Waals surface area contributed by atoms with Gasteiger partial charge in [-0.3, -0.25) is 4.18 Å². The van der Waals surface area contributed by atoms with Crippen molar-refractivity contribution in [2.24, 2.45) is 5.41 Å². The Bertz CT molecular complexity index is 975. The molecule has 0 amide bonds. The van der Waals surface area contributed by atoms with E-state index < -0.39 is 27.6 Å². The lowest BCUT2D eigenvalue weighted by Gasteiger charge is -2.37. The standard InChI is InChI=1S/C23H28O6S/c1-17-10-12-18(13-11-17)30(25,26)29-16-23(14-6-7-15-23)21(27-2)19-8-4-5-9-20(19)22(24)28-3/h4-5,8-13,21H,6-7,14-16H2,1-3H3. The molecule has 1 unspecified atom stereocenters. The first kappa shape index (κ1) is 22.5. The predicted molar refractivity (Wildman–Crippen MR) is 113 cm³/mol.